The molecule has 3 nitrogen and oxygen atoms in total. The van der Waals surface area contributed by atoms with Gasteiger partial charge in [0.15, 0.2) is 6.04 Å². The summed E-state index contributed by atoms with van der Waals surface area (Å²) in [5, 5.41) is 12.7. The fourth-order valence-electron chi connectivity index (χ4n) is 1.76. The Kier molecular flexibility index (Phi) is 5.08. The van der Waals surface area contributed by atoms with Crippen LogP contribution in [0.15, 0.2) is 40.9 Å². The minimum Gasteiger partial charge on any atom is -0.479 e. The molecule has 0 spiro atoms. The number of carbonyl (C=O) groups is 1. The quantitative estimate of drug-likeness (QED) is 0.757. The number of hydrogen-bond donors (Lipinski definition) is 2. The summed E-state index contributed by atoms with van der Waals surface area (Å²) in [6.45, 7) is 0. The largest absolute Gasteiger partial charge is 0.479 e. The minimum atomic E-state index is -1.13. The molecule has 2 aromatic rings. The smallest absolute Gasteiger partial charge is 0.330 e. The van der Waals surface area contributed by atoms with Crippen molar-refractivity contribution in [2.24, 2.45) is 0 Å². The lowest BCUT2D eigenvalue weighted by molar-refractivity contribution is -0.138. The van der Waals surface area contributed by atoms with Gasteiger partial charge in [0.1, 0.15) is 5.82 Å². The van der Waals surface area contributed by atoms with E-state index in [1.54, 1.807) is 18.2 Å². The fraction of sp³-hybridized carbons (Fsp3) is 0.0714. The number of benzene rings is 2. The molecule has 0 fully saturated rings. The van der Waals surface area contributed by atoms with E-state index in [0.717, 1.165) is 12.1 Å². The van der Waals surface area contributed by atoms with Crippen LogP contribution in [0.1, 0.15) is 11.6 Å². The van der Waals surface area contributed by atoms with Crippen LogP contribution in [0.3, 0.4) is 0 Å². The maximum atomic E-state index is 13.1. The zero-order valence-corrected chi connectivity index (χ0v) is 13.5. The summed E-state index contributed by atoms with van der Waals surface area (Å²) in [6.07, 6.45) is 0. The molecule has 0 aromatic heterocycles. The van der Waals surface area contributed by atoms with Gasteiger partial charge in [-0.15, -0.1) is 0 Å². The second kappa shape index (κ2) is 6.64. The lowest BCUT2D eigenvalue weighted by atomic mass is 10.1. The van der Waals surface area contributed by atoms with Crippen LogP contribution in [-0.2, 0) is 4.79 Å². The molecule has 0 heterocycles. The van der Waals surface area contributed by atoms with Crippen LogP contribution in [0.5, 0.6) is 0 Å². The third kappa shape index (κ3) is 3.87. The molecular weight excluding hydrogens is 384 g/mol. The van der Waals surface area contributed by atoms with Gasteiger partial charge in [-0.3, -0.25) is 0 Å². The van der Waals surface area contributed by atoms with Crippen molar-refractivity contribution < 1.29 is 14.3 Å². The molecule has 2 N–H and O–H groups in total. The first kappa shape index (κ1) is 16.1. The third-order valence-corrected chi connectivity index (χ3v) is 4.29. The summed E-state index contributed by atoms with van der Waals surface area (Å²) in [5.41, 5.74) is 0.815. The summed E-state index contributed by atoms with van der Waals surface area (Å²) < 4.78 is 13.7. The predicted octanol–water partition coefficient (Wildman–Crippen LogP) is 5.13. The van der Waals surface area contributed by atoms with Gasteiger partial charge in [-0.2, -0.15) is 0 Å². The molecule has 0 aliphatic rings. The maximum Gasteiger partial charge on any atom is 0.330 e. The Morgan fingerprint density at radius 1 is 1.19 bits per heavy atom. The lowest BCUT2D eigenvalue weighted by Crippen LogP contribution is -2.21. The number of hydrogen-bond acceptors (Lipinski definition) is 2. The second-order valence-corrected chi connectivity index (χ2v) is 5.88. The van der Waals surface area contributed by atoms with Crippen LogP contribution in [0.25, 0.3) is 0 Å². The van der Waals surface area contributed by atoms with Crippen LogP contribution in [-0.4, -0.2) is 11.1 Å². The van der Waals surface area contributed by atoms with E-state index in [9.17, 15) is 14.3 Å². The molecule has 2 rings (SSSR count). The first-order valence-electron chi connectivity index (χ1n) is 5.78. The van der Waals surface area contributed by atoms with E-state index < -0.39 is 17.8 Å². The Labute approximate surface area is 138 Å². The monoisotopic (exact) mass is 391 g/mol. The Morgan fingerprint density at radius 3 is 2.48 bits per heavy atom. The molecule has 0 bridgehead atoms. The third-order valence-electron chi connectivity index (χ3n) is 2.75. The van der Waals surface area contributed by atoms with Crippen LogP contribution in [0.2, 0.25) is 10.0 Å². The van der Waals surface area contributed by atoms with E-state index in [0.29, 0.717) is 15.2 Å². The summed E-state index contributed by atoms with van der Waals surface area (Å²) in [7, 11) is 0. The van der Waals surface area contributed by atoms with Crippen molar-refractivity contribution in [1.29, 1.82) is 0 Å². The van der Waals surface area contributed by atoms with Crippen molar-refractivity contribution in [3.05, 3.63) is 62.3 Å². The highest BCUT2D eigenvalue weighted by Crippen LogP contribution is 2.30. The topological polar surface area (TPSA) is 49.3 Å². The molecule has 0 amide bonds. The molecule has 0 aliphatic heterocycles. The molecular formula is C14H9BrCl2FNO2. The average molecular weight is 393 g/mol. The average Bonchev–Trinajstić information content (AvgIpc) is 2.40. The Bertz CT molecular complexity index is 697. The first-order valence-corrected chi connectivity index (χ1v) is 7.32. The van der Waals surface area contributed by atoms with E-state index in [1.807, 2.05) is 0 Å². The fourth-order valence-corrected chi connectivity index (χ4v) is 2.53. The molecule has 0 radical (unpaired) electrons. The van der Waals surface area contributed by atoms with Gasteiger partial charge in [-0.05, 0) is 46.3 Å². The van der Waals surface area contributed by atoms with E-state index in [-0.39, 0.29) is 10.6 Å². The second-order valence-electron chi connectivity index (χ2n) is 4.21. The highest BCUT2D eigenvalue weighted by Gasteiger charge is 2.22. The highest BCUT2D eigenvalue weighted by atomic mass is 79.9. The Hall–Kier alpha value is -1.30. The molecule has 0 aliphatic carbocycles. The molecule has 0 saturated heterocycles. The van der Waals surface area contributed by atoms with Crippen molar-refractivity contribution >= 4 is 50.8 Å². The molecule has 1 atom stereocenters. The Morgan fingerprint density at radius 2 is 1.90 bits per heavy atom. The number of anilines is 1. The number of rotatable bonds is 4. The van der Waals surface area contributed by atoms with Crippen molar-refractivity contribution in [3.8, 4) is 0 Å². The molecule has 1 unspecified atom stereocenters. The van der Waals surface area contributed by atoms with Crippen LogP contribution in [0.4, 0.5) is 10.1 Å². The predicted molar refractivity (Wildman–Crippen MR) is 84.6 cm³/mol. The molecule has 7 heteroatoms. The standard InChI is InChI=1S/C14H9BrCl2FNO2/c15-10-6-8(2-4-11(10)16)19-13(14(20)21)9-3-1-7(18)5-12(9)17/h1-6,13,19H,(H,20,21). The highest BCUT2D eigenvalue weighted by molar-refractivity contribution is 9.10. The normalized spacial score (nSPS) is 12.0. The molecule has 110 valence electrons. The van der Waals surface area contributed by atoms with Gasteiger partial charge >= 0.3 is 5.97 Å². The molecule has 2 aromatic carbocycles. The van der Waals surface area contributed by atoms with E-state index >= 15 is 0 Å². The Balaban J connectivity index is 2.35. The summed E-state index contributed by atoms with van der Waals surface area (Å²) in [6, 6.07) is 7.39. The van der Waals surface area contributed by atoms with Gasteiger partial charge in [-0.1, -0.05) is 29.3 Å². The summed E-state index contributed by atoms with van der Waals surface area (Å²) >= 11 is 15.1. The number of aliphatic carboxylic acids is 1. The van der Waals surface area contributed by atoms with Crippen molar-refractivity contribution in [2.75, 3.05) is 5.32 Å². The minimum absolute atomic E-state index is 0.0444. The number of carboxylic acid groups (broad SMARTS) is 1. The number of carboxylic acids is 1. The van der Waals surface area contributed by atoms with E-state index in [4.69, 9.17) is 23.2 Å². The van der Waals surface area contributed by atoms with Crippen molar-refractivity contribution in [3.63, 3.8) is 0 Å². The van der Waals surface area contributed by atoms with Gasteiger partial charge in [0.25, 0.3) is 0 Å². The summed E-state index contributed by atoms with van der Waals surface area (Å²) in [5.74, 6) is -1.66. The van der Waals surface area contributed by atoms with Crippen LogP contribution < -0.4 is 5.32 Å². The number of halogens is 4. The maximum absolute atomic E-state index is 13.1. The zero-order chi connectivity index (χ0) is 15.6. The summed E-state index contributed by atoms with van der Waals surface area (Å²) in [4.78, 5) is 11.4. The van der Waals surface area contributed by atoms with Crippen molar-refractivity contribution in [1.82, 2.24) is 0 Å². The molecule has 0 saturated carbocycles. The van der Waals surface area contributed by atoms with Gasteiger partial charge in [0.2, 0.25) is 0 Å². The SMILES string of the molecule is O=C(O)C(Nc1ccc(Cl)c(Br)c1)c1ccc(F)cc1Cl. The van der Waals surface area contributed by atoms with Gasteiger partial charge in [-0.25, -0.2) is 9.18 Å². The van der Waals surface area contributed by atoms with Crippen LogP contribution in [0, 0.1) is 5.82 Å². The lowest BCUT2D eigenvalue weighted by Gasteiger charge is -2.18. The van der Waals surface area contributed by atoms with Gasteiger partial charge in [0, 0.05) is 20.7 Å². The van der Waals surface area contributed by atoms with Crippen molar-refractivity contribution in [2.45, 2.75) is 6.04 Å². The van der Waals surface area contributed by atoms with Gasteiger partial charge in [0.05, 0.1) is 5.02 Å². The van der Waals surface area contributed by atoms with E-state index in [1.165, 1.54) is 6.07 Å². The molecule has 21 heavy (non-hydrogen) atoms. The number of nitrogens with one attached hydrogen (secondary N) is 1. The first-order chi connectivity index (χ1) is 9.88. The van der Waals surface area contributed by atoms with E-state index in [2.05, 4.69) is 21.2 Å². The van der Waals surface area contributed by atoms with Crippen LogP contribution >= 0.6 is 39.1 Å². The zero-order valence-electron chi connectivity index (χ0n) is 10.4. The van der Waals surface area contributed by atoms with Gasteiger partial charge < -0.3 is 10.4 Å².